The Kier molecular flexibility index (Phi) is 4.47. The average molecular weight is 268 g/mol. The van der Waals surface area contributed by atoms with Crippen molar-refractivity contribution >= 4 is 5.91 Å². The van der Waals surface area contributed by atoms with Crippen molar-refractivity contribution in [2.45, 2.75) is 31.2 Å². The summed E-state index contributed by atoms with van der Waals surface area (Å²) in [7, 11) is 0. The summed E-state index contributed by atoms with van der Waals surface area (Å²) in [5.41, 5.74) is 0.466. The van der Waals surface area contributed by atoms with E-state index in [4.69, 9.17) is 0 Å². The van der Waals surface area contributed by atoms with E-state index in [1.54, 1.807) is 30.3 Å². The van der Waals surface area contributed by atoms with Crippen molar-refractivity contribution in [1.82, 2.24) is 10.6 Å². The highest BCUT2D eigenvalue weighted by molar-refractivity contribution is 5.84. The van der Waals surface area contributed by atoms with Crippen molar-refractivity contribution in [3.63, 3.8) is 0 Å². The van der Waals surface area contributed by atoms with Gasteiger partial charge in [0.15, 0.2) is 0 Å². The van der Waals surface area contributed by atoms with E-state index in [9.17, 15) is 13.6 Å². The second-order valence-electron chi connectivity index (χ2n) is 4.86. The second-order valence-corrected chi connectivity index (χ2v) is 4.86. The Balaban J connectivity index is 1.92. The van der Waals surface area contributed by atoms with Crippen molar-refractivity contribution in [2.24, 2.45) is 0 Å². The van der Waals surface area contributed by atoms with Gasteiger partial charge >= 0.3 is 5.92 Å². The molecular formula is C14H18F2N2O. The Hall–Kier alpha value is -1.49. The van der Waals surface area contributed by atoms with Crippen LogP contribution in [0.25, 0.3) is 0 Å². The van der Waals surface area contributed by atoms with E-state index in [0.717, 1.165) is 13.1 Å². The van der Waals surface area contributed by atoms with Crippen molar-refractivity contribution < 1.29 is 13.6 Å². The Morgan fingerprint density at radius 1 is 1.26 bits per heavy atom. The van der Waals surface area contributed by atoms with Crippen LogP contribution in [-0.4, -0.2) is 31.0 Å². The van der Waals surface area contributed by atoms with E-state index in [1.165, 1.54) is 0 Å². The highest BCUT2D eigenvalue weighted by atomic mass is 19.3. The molecule has 1 heterocycles. The third-order valence-corrected chi connectivity index (χ3v) is 3.28. The summed E-state index contributed by atoms with van der Waals surface area (Å²) in [5.74, 6) is -4.52. The molecular weight excluding hydrogens is 250 g/mol. The number of amides is 1. The number of halogens is 2. The number of rotatable bonds is 4. The quantitative estimate of drug-likeness (QED) is 0.873. The summed E-state index contributed by atoms with van der Waals surface area (Å²) in [5, 5.41) is 5.58. The molecule has 104 valence electrons. The van der Waals surface area contributed by atoms with Crippen LogP contribution < -0.4 is 10.6 Å². The van der Waals surface area contributed by atoms with Crippen LogP contribution in [0.4, 0.5) is 8.78 Å². The van der Waals surface area contributed by atoms with Gasteiger partial charge in [-0.25, -0.2) is 0 Å². The molecule has 1 saturated heterocycles. The van der Waals surface area contributed by atoms with E-state index in [-0.39, 0.29) is 6.04 Å². The summed E-state index contributed by atoms with van der Waals surface area (Å²) in [6.07, 6.45) is 0.852. The number of carbonyl (C=O) groups is 1. The first-order valence-corrected chi connectivity index (χ1v) is 6.51. The number of hydrogen-bond acceptors (Lipinski definition) is 2. The van der Waals surface area contributed by atoms with Crippen LogP contribution in [0.5, 0.6) is 0 Å². The largest absolute Gasteiger partial charge is 0.348 e. The molecule has 1 amide bonds. The van der Waals surface area contributed by atoms with E-state index in [1.807, 2.05) is 0 Å². The van der Waals surface area contributed by atoms with E-state index >= 15 is 0 Å². The first-order chi connectivity index (χ1) is 9.08. The van der Waals surface area contributed by atoms with Gasteiger partial charge in [0.05, 0.1) is 0 Å². The van der Waals surface area contributed by atoms with Crippen LogP contribution in [0.15, 0.2) is 30.3 Å². The zero-order valence-electron chi connectivity index (χ0n) is 10.7. The minimum Gasteiger partial charge on any atom is -0.348 e. The standard InChI is InChI=1S/C14H18F2N2O/c15-14(16,10-11-4-2-1-3-5-11)13(19)18-12-6-8-17-9-7-12/h1-5,12,17H,6-10H2,(H,18,19). The molecule has 1 fully saturated rings. The Bertz CT molecular complexity index is 417. The number of hydrogen-bond donors (Lipinski definition) is 2. The van der Waals surface area contributed by atoms with Gasteiger partial charge in [0, 0.05) is 12.5 Å². The number of benzene rings is 1. The maximum Gasteiger partial charge on any atom is 0.328 e. The lowest BCUT2D eigenvalue weighted by atomic mass is 10.0. The van der Waals surface area contributed by atoms with Crippen LogP contribution in [-0.2, 0) is 11.2 Å². The summed E-state index contributed by atoms with van der Waals surface area (Å²) in [6, 6.07) is 8.20. The van der Waals surface area contributed by atoms with Gasteiger partial charge in [0.2, 0.25) is 0 Å². The van der Waals surface area contributed by atoms with E-state index in [2.05, 4.69) is 10.6 Å². The van der Waals surface area contributed by atoms with Gasteiger partial charge < -0.3 is 10.6 Å². The number of alkyl halides is 2. The summed E-state index contributed by atoms with van der Waals surface area (Å²) >= 11 is 0. The maximum absolute atomic E-state index is 13.8. The van der Waals surface area contributed by atoms with Gasteiger partial charge in [-0.2, -0.15) is 8.78 Å². The first-order valence-electron chi connectivity index (χ1n) is 6.51. The van der Waals surface area contributed by atoms with Gasteiger partial charge in [-0.3, -0.25) is 4.79 Å². The van der Waals surface area contributed by atoms with Crippen molar-refractivity contribution in [3.8, 4) is 0 Å². The predicted octanol–water partition coefficient (Wildman–Crippen LogP) is 1.73. The molecule has 1 aliphatic rings. The monoisotopic (exact) mass is 268 g/mol. The van der Waals surface area contributed by atoms with E-state index in [0.29, 0.717) is 18.4 Å². The zero-order valence-corrected chi connectivity index (χ0v) is 10.7. The molecule has 0 aromatic heterocycles. The summed E-state index contributed by atoms with van der Waals surface area (Å²) in [6.45, 7) is 1.52. The van der Waals surface area contributed by atoms with E-state index < -0.39 is 18.3 Å². The van der Waals surface area contributed by atoms with Crippen LogP contribution in [0.3, 0.4) is 0 Å². The topological polar surface area (TPSA) is 41.1 Å². The van der Waals surface area contributed by atoms with Gasteiger partial charge in [-0.05, 0) is 31.5 Å². The lowest BCUT2D eigenvalue weighted by Gasteiger charge is -2.26. The molecule has 1 aromatic rings. The lowest BCUT2D eigenvalue weighted by Crippen LogP contribution is -2.49. The minimum absolute atomic E-state index is 0.143. The van der Waals surface area contributed by atoms with Crippen LogP contribution >= 0.6 is 0 Å². The Morgan fingerprint density at radius 3 is 2.53 bits per heavy atom. The van der Waals surface area contributed by atoms with Gasteiger partial charge in [0.25, 0.3) is 5.91 Å². The molecule has 0 saturated carbocycles. The number of carbonyl (C=O) groups excluding carboxylic acids is 1. The SMILES string of the molecule is O=C(NC1CCNCC1)C(F)(F)Cc1ccccc1. The van der Waals surface area contributed by atoms with Crippen molar-refractivity contribution in [1.29, 1.82) is 0 Å². The van der Waals surface area contributed by atoms with Gasteiger partial charge in [-0.1, -0.05) is 30.3 Å². The minimum atomic E-state index is -3.35. The molecule has 2 rings (SSSR count). The smallest absolute Gasteiger partial charge is 0.328 e. The van der Waals surface area contributed by atoms with Crippen LogP contribution in [0, 0.1) is 0 Å². The van der Waals surface area contributed by atoms with Gasteiger partial charge in [-0.15, -0.1) is 0 Å². The Morgan fingerprint density at radius 2 is 1.89 bits per heavy atom. The lowest BCUT2D eigenvalue weighted by molar-refractivity contribution is -0.146. The van der Waals surface area contributed by atoms with Crippen LogP contribution in [0.1, 0.15) is 18.4 Å². The van der Waals surface area contributed by atoms with Crippen LogP contribution in [0.2, 0.25) is 0 Å². The average Bonchev–Trinajstić information content (AvgIpc) is 2.40. The van der Waals surface area contributed by atoms with Crippen molar-refractivity contribution in [2.75, 3.05) is 13.1 Å². The molecule has 0 spiro atoms. The molecule has 0 unspecified atom stereocenters. The first kappa shape index (κ1) is 13.9. The third kappa shape index (κ3) is 3.99. The predicted molar refractivity (Wildman–Crippen MR) is 69.1 cm³/mol. The third-order valence-electron chi connectivity index (χ3n) is 3.28. The summed E-state index contributed by atoms with van der Waals surface area (Å²) < 4.78 is 27.7. The molecule has 0 aliphatic carbocycles. The molecule has 3 nitrogen and oxygen atoms in total. The number of piperidine rings is 1. The fourth-order valence-corrected chi connectivity index (χ4v) is 2.19. The molecule has 5 heteroatoms. The Labute approximate surface area is 111 Å². The summed E-state index contributed by atoms with van der Waals surface area (Å²) in [4.78, 5) is 11.7. The molecule has 19 heavy (non-hydrogen) atoms. The normalized spacial score (nSPS) is 17.2. The fraction of sp³-hybridized carbons (Fsp3) is 0.500. The molecule has 0 radical (unpaired) electrons. The molecule has 1 aromatic carbocycles. The molecule has 2 N–H and O–H groups in total. The molecule has 1 aliphatic heterocycles. The fourth-order valence-electron chi connectivity index (χ4n) is 2.19. The van der Waals surface area contributed by atoms with Gasteiger partial charge in [0.1, 0.15) is 0 Å². The maximum atomic E-state index is 13.8. The second kappa shape index (κ2) is 6.10. The highest BCUT2D eigenvalue weighted by Crippen LogP contribution is 2.21. The molecule has 0 atom stereocenters. The van der Waals surface area contributed by atoms with Crippen molar-refractivity contribution in [3.05, 3.63) is 35.9 Å². The highest BCUT2D eigenvalue weighted by Gasteiger charge is 2.39. The number of nitrogens with one attached hydrogen (secondary N) is 2. The zero-order chi connectivity index (χ0) is 13.7. The molecule has 0 bridgehead atoms.